The van der Waals surface area contributed by atoms with Crippen LogP contribution in [0.25, 0.3) is 0 Å². The molecule has 1 amide bonds. The number of nitrogens with one attached hydrogen (secondary N) is 1. The van der Waals surface area contributed by atoms with Crippen molar-refractivity contribution in [3.8, 4) is 0 Å². The quantitative estimate of drug-likeness (QED) is 0.509. The molecule has 1 aromatic rings. The van der Waals surface area contributed by atoms with E-state index in [1.165, 1.54) is 14.2 Å². The smallest absolute Gasteiger partial charge is 0.331 e. The van der Waals surface area contributed by atoms with Crippen LogP contribution in [0.1, 0.15) is 10.4 Å². The summed E-state index contributed by atoms with van der Waals surface area (Å²) in [6.45, 7) is 0. The number of carbonyl (C=O) groups excluding carboxylic acids is 3. The van der Waals surface area contributed by atoms with E-state index in [0.717, 1.165) is 17.8 Å². The molecular weight excluding hydrogens is 294 g/mol. The molecule has 0 spiro atoms. The van der Waals surface area contributed by atoms with Gasteiger partial charge in [-0.05, 0) is 0 Å². The van der Waals surface area contributed by atoms with Gasteiger partial charge in [-0.1, -0.05) is 42.1 Å². The van der Waals surface area contributed by atoms with Crippen LogP contribution in [0, 0.1) is 0 Å². The van der Waals surface area contributed by atoms with E-state index in [-0.39, 0.29) is 4.91 Å². The minimum absolute atomic E-state index is 0.0629. The van der Waals surface area contributed by atoms with Crippen molar-refractivity contribution in [2.75, 3.05) is 14.2 Å². The molecule has 1 heterocycles. The molecule has 7 heteroatoms. The monoisotopic (exact) mass is 307 g/mol. The van der Waals surface area contributed by atoms with Gasteiger partial charge in [-0.15, -0.1) is 0 Å². The van der Waals surface area contributed by atoms with Crippen LogP contribution < -0.4 is 5.32 Å². The molecule has 0 aromatic heterocycles. The molecule has 1 unspecified atom stereocenters. The van der Waals surface area contributed by atoms with E-state index in [9.17, 15) is 14.4 Å². The van der Waals surface area contributed by atoms with Gasteiger partial charge >= 0.3 is 5.97 Å². The fraction of sp³-hybridized carbons (Fsp3) is 0.214. The number of rotatable bonds is 4. The van der Waals surface area contributed by atoms with Gasteiger partial charge in [-0.2, -0.15) is 0 Å². The summed E-state index contributed by atoms with van der Waals surface area (Å²) < 4.78 is 9.69. The first-order valence-electron chi connectivity index (χ1n) is 5.98. The summed E-state index contributed by atoms with van der Waals surface area (Å²) in [5, 5.41) is 0.900. The topological polar surface area (TPSA) is 81.7 Å². The van der Waals surface area contributed by atoms with Crippen LogP contribution in [0.15, 0.2) is 41.3 Å². The van der Waals surface area contributed by atoms with Crippen LogP contribution in [-0.2, 0) is 19.1 Å². The van der Waals surface area contributed by atoms with Crippen molar-refractivity contribution in [2.45, 2.75) is 5.06 Å². The molecule has 6 nitrogen and oxygen atoms in total. The Morgan fingerprint density at radius 3 is 2.48 bits per heavy atom. The van der Waals surface area contributed by atoms with Crippen LogP contribution >= 0.6 is 11.8 Å². The van der Waals surface area contributed by atoms with Gasteiger partial charge in [0.15, 0.2) is 0 Å². The minimum atomic E-state index is -1.57. The Labute approximate surface area is 125 Å². The van der Waals surface area contributed by atoms with Gasteiger partial charge in [0.1, 0.15) is 0 Å². The first-order chi connectivity index (χ1) is 10.0. The third kappa shape index (κ3) is 2.98. The minimum Gasteiger partial charge on any atom is -0.466 e. The highest BCUT2D eigenvalue weighted by Gasteiger charge is 2.49. The maximum absolute atomic E-state index is 12.5. The van der Waals surface area contributed by atoms with Gasteiger partial charge in [0.05, 0.1) is 12.0 Å². The Balaban J connectivity index is 2.32. The third-order valence-electron chi connectivity index (χ3n) is 2.83. The number of methoxy groups -OCH3 is 2. The Morgan fingerprint density at radius 1 is 1.24 bits per heavy atom. The van der Waals surface area contributed by atoms with Crippen molar-refractivity contribution in [1.29, 1.82) is 0 Å². The van der Waals surface area contributed by atoms with Gasteiger partial charge < -0.3 is 14.8 Å². The summed E-state index contributed by atoms with van der Waals surface area (Å²) in [5.74, 6) is -1.64. The molecular formula is C14H13NO5S. The van der Waals surface area contributed by atoms with E-state index in [4.69, 9.17) is 4.74 Å². The number of benzene rings is 1. The zero-order chi connectivity index (χ0) is 15.5. The molecule has 2 rings (SSSR count). The number of hydrogen-bond donors (Lipinski definition) is 1. The summed E-state index contributed by atoms with van der Waals surface area (Å²) in [6, 6.07) is 8.45. The molecule has 0 aliphatic carbocycles. The first-order valence-corrected chi connectivity index (χ1v) is 6.80. The van der Waals surface area contributed by atoms with Crippen molar-refractivity contribution in [3.05, 3.63) is 46.9 Å². The largest absolute Gasteiger partial charge is 0.466 e. The predicted octanol–water partition coefficient (Wildman–Crippen LogP) is 1.09. The average Bonchev–Trinajstić information content (AvgIpc) is 2.84. The fourth-order valence-corrected chi connectivity index (χ4v) is 2.81. The van der Waals surface area contributed by atoms with Gasteiger partial charge in [0.25, 0.3) is 11.0 Å². The molecule has 21 heavy (non-hydrogen) atoms. The molecule has 1 aromatic carbocycles. The maximum Gasteiger partial charge on any atom is 0.331 e. The molecule has 1 atom stereocenters. The fourth-order valence-electron chi connectivity index (χ4n) is 1.77. The Hall–Kier alpha value is -2.12. The number of thioether (sulfide) groups is 1. The lowest BCUT2D eigenvalue weighted by atomic mass is 10.1. The predicted molar refractivity (Wildman–Crippen MR) is 76.3 cm³/mol. The van der Waals surface area contributed by atoms with Gasteiger partial charge in [-0.25, -0.2) is 4.79 Å². The summed E-state index contributed by atoms with van der Waals surface area (Å²) in [5.41, 5.74) is 0.395. The second-order valence-corrected chi connectivity index (χ2v) is 5.32. The number of Topliss-reactive ketones (excluding diaryl/α,β-unsaturated/α-hetero) is 1. The number of ketones is 1. The Kier molecular flexibility index (Phi) is 4.44. The Morgan fingerprint density at radius 2 is 1.90 bits per heavy atom. The summed E-state index contributed by atoms with van der Waals surface area (Å²) in [4.78, 5) is 35.7. The van der Waals surface area contributed by atoms with E-state index in [2.05, 4.69) is 10.1 Å². The van der Waals surface area contributed by atoms with E-state index in [0.29, 0.717) is 5.56 Å². The van der Waals surface area contributed by atoms with Crippen molar-refractivity contribution < 1.29 is 23.9 Å². The Bertz CT molecular complexity index is 613. The van der Waals surface area contributed by atoms with Gasteiger partial charge in [0, 0.05) is 18.7 Å². The third-order valence-corrected chi connectivity index (χ3v) is 4.09. The van der Waals surface area contributed by atoms with Gasteiger partial charge in [-0.3, -0.25) is 9.59 Å². The zero-order valence-electron chi connectivity index (χ0n) is 11.4. The van der Waals surface area contributed by atoms with Crippen LogP contribution in [0.2, 0.25) is 0 Å². The van der Waals surface area contributed by atoms with E-state index in [1.807, 2.05) is 0 Å². The standard InChI is InChI=1S/C14H13NO5S/c1-19-11(16)8-10-13(18)15-14(20-2,21-10)12(17)9-6-4-3-5-7-9/h3-8H,1-2H3,(H,15,18)/b10-8-. The SMILES string of the molecule is COC(=O)/C=C1\SC(OC)(C(=O)c2ccccc2)NC1=O. The maximum atomic E-state index is 12.5. The summed E-state index contributed by atoms with van der Waals surface area (Å²) >= 11 is 0.841. The number of carbonyl (C=O) groups is 3. The normalized spacial score (nSPS) is 23.0. The van der Waals surface area contributed by atoms with Crippen molar-refractivity contribution in [2.24, 2.45) is 0 Å². The first kappa shape index (κ1) is 15.3. The van der Waals surface area contributed by atoms with Crippen molar-refractivity contribution in [3.63, 3.8) is 0 Å². The van der Waals surface area contributed by atoms with E-state index >= 15 is 0 Å². The number of hydrogen-bond acceptors (Lipinski definition) is 6. The zero-order valence-corrected chi connectivity index (χ0v) is 12.2. The van der Waals surface area contributed by atoms with Crippen LogP contribution in [0.4, 0.5) is 0 Å². The molecule has 1 aliphatic rings. The molecule has 0 bridgehead atoms. The van der Waals surface area contributed by atoms with Crippen LogP contribution in [-0.4, -0.2) is 36.9 Å². The molecule has 0 radical (unpaired) electrons. The van der Waals surface area contributed by atoms with Crippen molar-refractivity contribution in [1.82, 2.24) is 5.32 Å². The number of esters is 1. The lowest BCUT2D eigenvalue weighted by Gasteiger charge is -2.23. The lowest BCUT2D eigenvalue weighted by molar-refractivity contribution is -0.135. The number of amides is 1. The highest BCUT2D eigenvalue weighted by atomic mass is 32.2. The molecule has 110 valence electrons. The highest BCUT2D eigenvalue weighted by molar-refractivity contribution is 8.06. The van der Waals surface area contributed by atoms with E-state index < -0.39 is 22.7 Å². The summed E-state index contributed by atoms with van der Waals surface area (Å²) in [6.07, 6.45) is 1.03. The van der Waals surface area contributed by atoms with E-state index in [1.54, 1.807) is 30.3 Å². The lowest BCUT2D eigenvalue weighted by Crippen LogP contribution is -2.48. The van der Waals surface area contributed by atoms with Crippen molar-refractivity contribution >= 4 is 29.4 Å². The molecule has 1 saturated heterocycles. The number of ether oxygens (including phenoxy) is 2. The molecule has 1 N–H and O–H groups in total. The molecule has 0 saturated carbocycles. The highest BCUT2D eigenvalue weighted by Crippen LogP contribution is 2.39. The van der Waals surface area contributed by atoms with Crippen LogP contribution in [0.5, 0.6) is 0 Å². The second-order valence-electron chi connectivity index (χ2n) is 4.10. The van der Waals surface area contributed by atoms with Gasteiger partial charge in [0.2, 0.25) is 5.78 Å². The molecule has 1 fully saturated rings. The average molecular weight is 307 g/mol. The summed E-state index contributed by atoms with van der Waals surface area (Å²) in [7, 11) is 2.52. The second kappa shape index (κ2) is 6.11. The molecule has 1 aliphatic heterocycles. The van der Waals surface area contributed by atoms with Crippen LogP contribution in [0.3, 0.4) is 0 Å².